The number of nitroso groups, excluding NO2 is 1. The lowest BCUT2D eigenvalue weighted by atomic mass is 10.2. The molecular weight excluding hydrogens is 146 g/mol. The lowest BCUT2D eigenvalue weighted by molar-refractivity contribution is 0.100. The Hall–Kier alpha value is -1.71. The predicted octanol–water partition coefficient (Wildman–Crippen LogP) is 1.30. The summed E-state index contributed by atoms with van der Waals surface area (Å²) >= 11 is 0. The van der Waals surface area contributed by atoms with Crippen molar-refractivity contribution in [2.75, 3.05) is 0 Å². The summed E-state index contributed by atoms with van der Waals surface area (Å²) in [7, 11) is 0. The number of hydrogen-bond acceptors (Lipinski definition) is 3. The average molecular weight is 151 g/mol. The van der Waals surface area contributed by atoms with Crippen LogP contribution in [0.1, 0.15) is 10.4 Å². The maximum Gasteiger partial charge on any atom is 0.316 e. The summed E-state index contributed by atoms with van der Waals surface area (Å²) in [6.07, 6.45) is 0. The molecule has 0 aromatic heterocycles. The summed E-state index contributed by atoms with van der Waals surface area (Å²) in [6, 6.07) is 5.30. The van der Waals surface area contributed by atoms with Gasteiger partial charge in [-0.15, -0.1) is 4.91 Å². The van der Waals surface area contributed by atoms with E-state index < -0.39 is 5.91 Å². The molecule has 0 aliphatic rings. The first-order chi connectivity index (χ1) is 5.24. The van der Waals surface area contributed by atoms with Gasteiger partial charge < -0.3 is 5.11 Å². The van der Waals surface area contributed by atoms with Gasteiger partial charge in [-0.1, -0.05) is 0 Å². The van der Waals surface area contributed by atoms with Gasteiger partial charge in [-0.2, -0.15) is 0 Å². The number of benzene rings is 1. The van der Waals surface area contributed by atoms with Crippen LogP contribution in [0.5, 0.6) is 5.75 Å². The van der Waals surface area contributed by atoms with Crippen LogP contribution < -0.4 is 0 Å². The van der Waals surface area contributed by atoms with Crippen LogP contribution in [0.3, 0.4) is 0 Å². The van der Waals surface area contributed by atoms with E-state index in [-0.39, 0.29) is 11.3 Å². The van der Waals surface area contributed by atoms with Crippen LogP contribution in [-0.4, -0.2) is 11.0 Å². The number of aromatic hydroxyl groups is 1. The minimum absolute atomic E-state index is 0.0486. The molecule has 0 unspecified atom stereocenters. The summed E-state index contributed by atoms with van der Waals surface area (Å²) in [5.74, 6) is -0.780. The third-order valence-corrected chi connectivity index (χ3v) is 1.20. The van der Waals surface area contributed by atoms with Crippen molar-refractivity contribution in [1.82, 2.24) is 0 Å². The van der Waals surface area contributed by atoms with Crippen LogP contribution >= 0.6 is 0 Å². The van der Waals surface area contributed by atoms with Gasteiger partial charge in [-0.3, -0.25) is 4.79 Å². The van der Waals surface area contributed by atoms with Crippen LogP contribution in [0.2, 0.25) is 0 Å². The summed E-state index contributed by atoms with van der Waals surface area (Å²) < 4.78 is 0. The number of phenols is 1. The molecule has 4 heteroatoms. The molecule has 1 aromatic carbocycles. The highest BCUT2D eigenvalue weighted by Crippen LogP contribution is 2.09. The number of rotatable bonds is 1. The molecule has 1 N–H and O–H groups in total. The Kier molecular flexibility index (Phi) is 1.96. The fourth-order valence-corrected chi connectivity index (χ4v) is 0.657. The first-order valence-corrected chi connectivity index (χ1v) is 2.91. The molecule has 56 valence electrons. The van der Waals surface area contributed by atoms with Gasteiger partial charge in [0.2, 0.25) is 0 Å². The van der Waals surface area contributed by atoms with Gasteiger partial charge >= 0.3 is 5.91 Å². The molecular formula is C7H5NO3. The van der Waals surface area contributed by atoms with Crippen LogP contribution in [0.15, 0.2) is 29.4 Å². The molecule has 0 spiro atoms. The predicted molar refractivity (Wildman–Crippen MR) is 38.2 cm³/mol. The van der Waals surface area contributed by atoms with Crippen LogP contribution in [0.4, 0.5) is 0 Å². The normalized spacial score (nSPS) is 9.09. The smallest absolute Gasteiger partial charge is 0.316 e. The molecule has 0 saturated carbocycles. The van der Waals surface area contributed by atoms with Gasteiger partial charge in [0, 0.05) is 10.7 Å². The molecule has 0 aliphatic carbocycles. The zero-order chi connectivity index (χ0) is 8.27. The van der Waals surface area contributed by atoms with Crippen LogP contribution in [0.25, 0.3) is 0 Å². The van der Waals surface area contributed by atoms with Gasteiger partial charge in [0.25, 0.3) is 0 Å². The molecule has 1 aromatic rings. The summed E-state index contributed by atoms with van der Waals surface area (Å²) in [5.41, 5.74) is 0.179. The Morgan fingerprint density at radius 1 is 1.27 bits per heavy atom. The molecule has 0 aliphatic heterocycles. The fraction of sp³-hybridized carbons (Fsp3) is 0. The molecule has 0 atom stereocenters. The second-order valence-electron chi connectivity index (χ2n) is 1.94. The number of amides is 1. The Labute approximate surface area is 62.4 Å². The van der Waals surface area contributed by atoms with E-state index in [2.05, 4.69) is 5.18 Å². The fourth-order valence-electron chi connectivity index (χ4n) is 0.657. The van der Waals surface area contributed by atoms with Gasteiger partial charge in [-0.25, -0.2) is 0 Å². The molecule has 4 nitrogen and oxygen atoms in total. The molecule has 1 rings (SSSR count). The Morgan fingerprint density at radius 2 is 1.82 bits per heavy atom. The monoisotopic (exact) mass is 151 g/mol. The molecule has 0 heterocycles. The van der Waals surface area contributed by atoms with Crippen molar-refractivity contribution < 1.29 is 9.90 Å². The maximum atomic E-state index is 10.6. The molecule has 0 radical (unpaired) electrons. The number of carbonyl (C=O) groups is 1. The van der Waals surface area contributed by atoms with E-state index in [4.69, 9.17) is 5.11 Å². The Balaban J connectivity index is 2.98. The first-order valence-electron chi connectivity index (χ1n) is 2.91. The number of phenolic OH excluding ortho intramolecular Hbond substituents is 1. The van der Waals surface area contributed by atoms with E-state index in [1.807, 2.05) is 0 Å². The van der Waals surface area contributed by atoms with Gasteiger partial charge in [0.15, 0.2) is 0 Å². The highest BCUT2D eigenvalue weighted by Gasteiger charge is 2.03. The third kappa shape index (κ3) is 1.61. The summed E-state index contributed by atoms with van der Waals surface area (Å²) in [5, 5.41) is 11.0. The zero-order valence-electron chi connectivity index (χ0n) is 5.52. The SMILES string of the molecule is O=NC(=O)c1ccc(O)cc1. The first kappa shape index (κ1) is 7.40. The Bertz CT molecular complexity index is 278. The maximum absolute atomic E-state index is 10.6. The minimum Gasteiger partial charge on any atom is -0.508 e. The van der Waals surface area contributed by atoms with Crippen molar-refractivity contribution in [1.29, 1.82) is 0 Å². The lowest BCUT2D eigenvalue weighted by Gasteiger charge is -1.91. The van der Waals surface area contributed by atoms with Crippen molar-refractivity contribution >= 4 is 5.91 Å². The number of nitrogens with zero attached hydrogens (tertiary/aromatic N) is 1. The van der Waals surface area contributed by atoms with Gasteiger partial charge in [-0.05, 0) is 24.3 Å². The molecule has 1 amide bonds. The van der Waals surface area contributed by atoms with E-state index >= 15 is 0 Å². The molecule has 0 bridgehead atoms. The molecule has 0 saturated heterocycles. The van der Waals surface area contributed by atoms with E-state index in [1.165, 1.54) is 24.3 Å². The van der Waals surface area contributed by atoms with E-state index in [1.54, 1.807) is 0 Å². The van der Waals surface area contributed by atoms with Crippen LogP contribution in [0, 0.1) is 4.91 Å². The summed E-state index contributed by atoms with van der Waals surface area (Å²) in [4.78, 5) is 20.3. The summed E-state index contributed by atoms with van der Waals surface area (Å²) in [6.45, 7) is 0. The van der Waals surface area contributed by atoms with Crippen molar-refractivity contribution in [3.8, 4) is 5.75 Å². The van der Waals surface area contributed by atoms with Gasteiger partial charge in [0.1, 0.15) is 5.75 Å². The highest BCUT2D eigenvalue weighted by atomic mass is 16.3. The standard InChI is InChI=1S/C7H5NO3/c9-6-3-1-5(2-4-6)7(10)8-11/h1-4,9H. The largest absolute Gasteiger partial charge is 0.508 e. The van der Waals surface area contributed by atoms with Gasteiger partial charge in [0.05, 0.1) is 0 Å². The zero-order valence-corrected chi connectivity index (χ0v) is 5.52. The topological polar surface area (TPSA) is 66.7 Å². The molecule has 11 heavy (non-hydrogen) atoms. The molecule has 0 fully saturated rings. The minimum atomic E-state index is -0.829. The Morgan fingerprint density at radius 3 is 2.27 bits per heavy atom. The second-order valence-corrected chi connectivity index (χ2v) is 1.94. The van der Waals surface area contributed by atoms with Crippen molar-refractivity contribution in [2.45, 2.75) is 0 Å². The van der Waals surface area contributed by atoms with Crippen molar-refractivity contribution in [2.24, 2.45) is 5.18 Å². The number of carbonyl (C=O) groups excluding carboxylic acids is 1. The van der Waals surface area contributed by atoms with E-state index in [0.29, 0.717) is 0 Å². The average Bonchev–Trinajstić information content (AvgIpc) is 2.05. The third-order valence-electron chi connectivity index (χ3n) is 1.20. The van der Waals surface area contributed by atoms with Crippen molar-refractivity contribution in [3.05, 3.63) is 34.7 Å². The van der Waals surface area contributed by atoms with E-state index in [0.717, 1.165) is 0 Å². The van der Waals surface area contributed by atoms with Crippen molar-refractivity contribution in [3.63, 3.8) is 0 Å². The van der Waals surface area contributed by atoms with Crippen LogP contribution in [-0.2, 0) is 0 Å². The lowest BCUT2D eigenvalue weighted by Crippen LogP contribution is -1.91. The quantitative estimate of drug-likeness (QED) is 0.615. The highest BCUT2D eigenvalue weighted by molar-refractivity contribution is 5.94. The number of hydrogen-bond donors (Lipinski definition) is 1. The second kappa shape index (κ2) is 2.92. The van der Waals surface area contributed by atoms with E-state index in [9.17, 15) is 9.70 Å².